The van der Waals surface area contributed by atoms with Crippen LogP contribution in [0.5, 0.6) is 0 Å². The minimum absolute atomic E-state index is 0.181. The average Bonchev–Trinajstić information content (AvgIpc) is 3.05. The summed E-state index contributed by atoms with van der Waals surface area (Å²) in [5, 5.41) is 3.16. The van der Waals surface area contributed by atoms with E-state index in [4.69, 9.17) is 4.74 Å². The van der Waals surface area contributed by atoms with Crippen LogP contribution in [0.15, 0.2) is 0 Å². The number of nitrogens with zero attached hydrogens (tertiary/aromatic N) is 1. The molecule has 1 amide bonds. The fourth-order valence-corrected chi connectivity index (χ4v) is 1.41. The SMILES string of the molecule is CCOCC(C)NCC(=O)N(C)C1CC1. The van der Waals surface area contributed by atoms with E-state index in [1.54, 1.807) is 0 Å². The lowest BCUT2D eigenvalue weighted by Crippen LogP contribution is -2.41. The third kappa shape index (κ3) is 4.62. The summed E-state index contributed by atoms with van der Waals surface area (Å²) in [7, 11) is 1.88. The Balaban J connectivity index is 2.09. The van der Waals surface area contributed by atoms with Crippen LogP contribution >= 0.6 is 0 Å². The van der Waals surface area contributed by atoms with E-state index in [9.17, 15) is 4.79 Å². The number of carbonyl (C=O) groups excluding carboxylic acids is 1. The Hall–Kier alpha value is -0.610. The average molecular weight is 214 g/mol. The van der Waals surface area contributed by atoms with Gasteiger partial charge in [-0.2, -0.15) is 0 Å². The lowest BCUT2D eigenvalue weighted by Gasteiger charge is -2.19. The van der Waals surface area contributed by atoms with Crippen molar-refractivity contribution >= 4 is 5.91 Å². The molecule has 0 bridgehead atoms. The number of likely N-dealkylation sites (N-methyl/N-ethyl adjacent to an activating group) is 1. The Morgan fingerprint density at radius 3 is 2.80 bits per heavy atom. The molecule has 1 rings (SSSR count). The molecule has 0 heterocycles. The van der Waals surface area contributed by atoms with Crippen molar-refractivity contribution in [2.45, 2.75) is 38.8 Å². The van der Waals surface area contributed by atoms with E-state index in [1.165, 1.54) is 0 Å². The van der Waals surface area contributed by atoms with Crippen LogP contribution in [0.25, 0.3) is 0 Å². The first-order valence-corrected chi connectivity index (χ1v) is 5.72. The van der Waals surface area contributed by atoms with E-state index in [-0.39, 0.29) is 11.9 Å². The molecule has 1 unspecified atom stereocenters. The summed E-state index contributed by atoms with van der Waals surface area (Å²) in [5.74, 6) is 0.181. The highest BCUT2D eigenvalue weighted by atomic mass is 16.5. The molecule has 1 atom stereocenters. The Labute approximate surface area is 92.0 Å². The van der Waals surface area contributed by atoms with Gasteiger partial charge in [-0.25, -0.2) is 0 Å². The molecule has 0 aromatic carbocycles. The summed E-state index contributed by atoms with van der Waals surface area (Å²) in [6, 6.07) is 0.739. The topological polar surface area (TPSA) is 41.6 Å². The number of rotatable bonds is 7. The number of carbonyl (C=O) groups is 1. The molecule has 4 heteroatoms. The minimum Gasteiger partial charge on any atom is -0.380 e. The third-order valence-electron chi connectivity index (χ3n) is 2.66. The fourth-order valence-electron chi connectivity index (χ4n) is 1.41. The quantitative estimate of drug-likeness (QED) is 0.675. The lowest BCUT2D eigenvalue weighted by atomic mass is 10.3. The molecule has 0 aromatic rings. The number of hydrogen-bond acceptors (Lipinski definition) is 3. The number of amides is 1. The predicted molar refractivity (Wildman–Crippen MR) is 59.7 cm³/mol. The second-order valence-corrected chi connectivity index (χ2v) is 4.18. The van der Waals surface area contributed by atoms with Gasteiger partial charge in [0.25, 0.3) is 0 Å². The summed E-state index contributed by atoms with van der Waals surface area (Å²) in [5.41, 5.74) is 0. The number of ether oxygens (including phenoxy) is 1. The van der Waals surface area contributed by atoms with Gasteiger partial charge in [0.1, 0.15) is 0 Å². The minimum atomic E-state index is 0.181. The molecule has 1 aliphatic carbocycles. The smallest absolute Gasteiger partial charge is 0.236 e. The first kappa shape index (κ1) is 12.5. The predicted octanol–water partition coefficient (Wildman–Crippen LogP) is 0.622. The van der Waals surface area contributed by atoms with Gasteiger partial charge in [-0.05, 0) is 26.7 Å². The first-order valence-electron chi connectivity index (χ1n) is 5.72. The second-order valence-electron chi connectivity index (χ2n) is 4.18. The summed E-state index contributed by atoms with van der Waals surface area (Å²) >= 11 is 0. The maximum absolute atomic E-state index is 11.6. The van der Waals surface area contributed by atoms with Gasteiger partial charge in [-0.1, -0.05) is 0 Å². The second kappa shape index (κ2) is 6.08. The zero-order chi connectivity index (χ0) is 11.3. The van der Waals surface area contributed by atoms with Crippen molar-refractivity contribution in [3.05, 3.63) is 0 Å². The highest BCUT2D eigenvalue weighted by Crippen LogP contribution is 2.24. The maximum atomic E-state index is 11.6. The van der Waals surface area contributed by atoms with E-state index < -0.39 is 0 Å². The maximum Gasteiger partial charge on any atom is 0.236 e. The molecule has 1 saturated carbocycles. The summed E-state index contributed by atoms with van der Waals surface area (Å²) in [4.78, 5) is 13.5. The summed E-state index contributed by atoms with van der Waals surface area (Å²) in [6.07, 6.45) is 2.33. The molecule has 1 aliphatic rings. The van der Waals surface area contributed by atoms with Gasteiger partial charge in [0.2, 0.25) is 5.91 Å². The van der Waals surface area contributed by atoms with Crippen LogP contribution in [-0.2, 0) is 9.53 Å². The van der Waals surface area contributed by atoms with Crippen molar-refractivity contribution in [1.29, 1.82) is 0 Å². The first-order chi connectivity index (χ1) is 7.15. The highest BCUT2D eigenvalue weighted by molar-refractivity contribution is 5.78. The van der Waals surface area contributed by atoms with Crippen molar-refractivity contribution in [3.63, 3.8) is 0 Å². The van der Waals surface area contributed by atoms with E-state index in [0.29, 0.717) is 19.2 Å². The van der Waals surface area contributed by atoms with Gasteiger partial charge >= 0.3 is 0 Å². The van der Waals surface area contributed by atoms with E-state index >= 15 is 0 Å². The molecule has 4 nitrogen and oxygen atoms in total. The van der Waals surface area contributed by atoms with Gasteiger partial charge < -0.3 is 15.0 Å². The third-order valence-corrected chi connectivity index (χ3v) is 2.66. The molecule has 0 radical (unpaired) electrons. The highest BCUT2D eigenvalue weighted by Gasteiger charge is 2.29. The number of hydrogen-bond donors (Lipinski definition) is 1. The Bertz CT molecular complexity index is 205. The Kier molecular flexibility index (Phi) is 5.05. The van der Waals surface area contributed by atoms with Crippen molar-refractivity contribution in [1.82, 2.24) is 10.2 Å². The van der Waals surface area contributed by atoms with Gasteiger partial charge in [-0.3, -0.25) is 4.79 Å². The fraction of sp³-hybridized carbons (Fsp3) is 0.909. The van der Waals surface area contributed by atoms with E-state index in [0.717, 1.165) is 19.4 Å². The van der Waals surface area contributed by atoms with E-state index in [1.807, 2.05) is 25.8 Å². The van der Waals surface area contributed by atoms with Gasteiger partial charge in [0.15, 0.2) is 0 Å². The van der Waals surface area contributed by atoms with E-state index in [2.05, 4.69) is 5.32 Å². The standard InChI is InChI=1S/C11H22N2O2/c1-4-15-8-9(2)12-7-11(14)13(3)10-5-6-10/h9-10,12H,4-8H2,1-3H3. The molecular weight excluding hydrogens is 192 g/mol. The van der Waals surface area contributed by atoms with Crippen molar-refractivity contribution < 1.29 is 9.53 Å². The molecule has 15 heavy (non-hydrogen) atoms. The largest absolute Gasteiger partial charge is 0.380 e. The van der Waals surface area contributed by atoms with Crippen LogP contribution < -0.4 is 5.32 Å². The zero-order valence-corrected chi connectivity index (χ0v) is 9.95. The Morgan fingerprint density at radius 2 is 2.27 bits per heavy atom. The van der Waals surface area contributed by atoms with Gasteiger partial charge in [0, 0.05) is 25.7 Å². The normalized spacial score (nSPS) is 17.5. The van der Waals surface area contributed by atoms with Crippen molar-refractivity contribution in [3.8, 4) is 0 Å². The molecule has 88 valence electrons. The molecule has 0 saturated heterocycles. The lowest BCUT2D eigenvalue weighted by molar-refractivity contribution is -0.129. The molecular formula is C11H22N2O2. The zero-order valence-electron chi connectivity index (χ0n) is 9.95. The molecule has 1 fully saturated rings. The van der Waals surface area contributed by atoms with Crippen LogP contribution in [0.2, 0.25) is 0 Å². The summed E-state index contributed by atoms with van der Waals surface area (Å²) < 4.78 is 5.26. The molecule has 0 aliphatic heterocycles. The summed E-state index contributed by atoms with van der Waals surface area (Å²) in [6.45, 7) is 5.80. The van der Waals surface area contributed by atoms with Gasteiger partial charge in [-0.15, -0.1) is 0 Å². The van der Waals surface area contributed by atoms with Crippen LogP contribution in [-0.4, -0.2) is 49.7 Å². The Morgan fingerprint density at radius 1 is 1.60 bits per heavy atom. The molecule has 1 N–H and O–H groups in total. The molecule has 0 aromatic heterocycles. The van der Waals surface area contributed by atoms with Crippen LogP contribution in [0.1, 0.15) is 26.7 Å². The molecule has 0 spiro atoms. The number of nitrogens with one attached hydrogen (secondary N) is 1. The van der Waals surface area contributed by atoms with Crippen LogP contribution in [0.3, 0.4) is 0 Å². The van der Waals surface area contributed by atoms with Crippen LogP contribution in [0, 0.1) is 0 Å². The van der Waals surface area contributed by atoms with Crippen molar-refractivity contribution in [2.24, 2.45) is 0 Å². The monoisotopic (exact) mass is 214 g/mol. The van der Waals surface area contributed by atoms with Crippen LogP contribution in [0.4, 0.5) is 0 Å². The van der Waals surface area contributed by atoms with Crippen molar-refractivity contribution in [2.75, 3.05) is 26.8 Å². The van der Waals surface area contributed by atoms with Gasteiger partial charge in [0.05, 0.1) is 13.2 Å².